The van der Waals surface area contributed by atoms with Crippen LogP contribution in [0.3, 0.4) is 0 Å². The van der Waals surface area contributed by atoms with E-state index in [4.69, 9.17) is 0 Å². The van der Waals surface area contributed by atoms with E-state index >= 15 is 0 Å². The monoisotopic (exact) mass is 225 g/mol. The minimum atomic E-state index is -0.441. The number of aliphatic hydroxyl groups is 1. The number of hydrogen-bond acceptors (Lipinski definition) is 2. The maximum Gasteiger partial charge on any atom is 0.123 e. The van der Waals surface area contributed by atoms with Crippen LogP contribution in [-0.2, 0) is 5.54 Å². The molecule has 90 valence electrons. The predicted molar refractivity (Wildman–Crippen MR) is 63.7 cm³/mol. The standard InChI is InChI=1S/C13H20FNO/c1-3-9-15-13(4-2,10-16)11-5-7-12(14)8-6-11/h5-8,15-16H,3-4,9-10H2,1-2H3. The quantitative estimate of drug-likeness (QED) is 0.779. The molecule has 0 saturated carbocycles. The fraction of sp³-hybridized carbons (Fsp3) is 0.538. The molecule has 1 rings (SSSR count). The van der Waals surface area contributed by atoms with Crippen molar-refractivity contribution in [3.63, 3.8) is 0 Å². The molecule has 2 N–H and O–H groups in total. The Balaban J connectivity index is 2.95. The first kappa shape index (κ1) is 13.1. The Bertz CT molecular complexity index is 306. The molecule has 0 amide bonds. The van der Waals surface area contributed by atoms with Gasteiger partial charge in [-0.1, -0.05) is 26.0 Å². The summed E-state index contributed by atoms with van der Waals surface area (Å²) < 4.78 is 12.9. The molecular weight excluding hydrogens is 205 g/mol. The molecule has 0 aliphatic carbocycles. The van der Waals surface area contributed by atoms with Gasteiger partial charge >= 0.3 is 0 Å². The van der Waals surface area contributed by atoms with E-state index in [1.165, 1.54) is 12.1 Å². The molecule has 2 nitrogen and oxygen atoms in total. The van der Waals surface area contributed by atoms with Crippen LogP contribution < -0.4 is 5.32 Å². The molecule has 0 aliphatic heterocycles. The van der Waals surface area contributed by atoms with E-state index in [0.717, 1.165) is 24.9 Å². The molecule has 1 aromatic carbocycles. The van der Waals surface area contributed by atoms with Gasteiger partial charge in [0, 0.05) is 0 Å². The summed E-state index contributed by atoms with van der Waals surface area (Å²) >= 11 is 0. The lowest BCUT2D eigenvalue weighted by Crippen LogP contribution is -2.45. The molecule has 0 spiro atoms. The first-order chi connectivity index (χ1) is 7.68. The Morgan fingerprint density at radius 3 is 2.31 bits per heavy atom. The van der Waals surface area contributed by atoms with Crippen LogP contribution in [0.15, 0.2) is 24.3 Å². The van der Waals surface area contributed by atoms with Crippen molar-refractivity contribution >= 4 is 0 Å². The predicted octanol–water partition coefficient (Wildman–Crippen LogP) is 2.42. The zero-order valence-corrected chi connectivity index (χ0v) is 9.96. The molecule has 0 saturated heterocycles. The molecule has 0 heterocycles. The molecule has 16 heavy (non-hydrogen) atoms. The SMILES string of the molecule is CCCNC(CC)(CO)c1ccc(F)cc1. The Labute approximate surface area is 96.5 Å². The van der Waals surface area contributed by atoms with Gasteiger partial charge in [-0.3, -0.25) is 0 Å². The molecule has 0 radical (unpaired) electrons. The van der Waals surface area contributed by atoms with Gasteiger partial charge in [0.15, 0.2) is 0 Å². The highest BCUT2D eigenvalue weighted by Gasteiger charge is 2.28. The second-order valence-electron chi connectivity index (χ2n) is 4.03. The maximum absolute atomic E-state index is 12.9. The van der Waals surface area contributed by atoms with Crippen molar-refractivity contribution in [2.24, 2.45) is 0 Å². The van der Waals surface area contributed by atoms with Gasteiger partial charge in [0.05, 0.1) is 12.1 Å². The molecule has 3 heteroatoms. The Kier molecular flexibility index (Phi) is 4.90. The van der Waals surface area contributed by atoms with E-state index in [-0.39, 0.29) is 12.4 Å². The minimum Gasteiger partial charge on any atom is -0.394 e. The number of halogens is 1. The van der Waals surface area contributed by atoms with Crippen molar-refractivity contribution in [2.45, 2.75) is 32.2 Å². The van der Waals surface area contributed by atoms with Crippen LogP contribution >= 0.6 is 0 Å². The third-order valence-electron chi connectivity index (χ3n) is 2.98. The summed E-state index contributed by atoms with van der Waals surface area (Å²) in [6.45, 7) is 4.96. The summed E-state index contributed by atoms with van der Waals surface area (Å²) in [6.07, 6.45) is 1.78. The summed E-state index contributed by atoms with van der Waals surface area (Å²) in [6, 6.07) is 6.33. The molecule has 1 atom stereocenters. The van der Waals surface area contributed by atoms with Gasteiger partial charge in [0.25, 0.3) is 0 Å². The van der Waals surface area contributed by atoms with Gasteiger partial charge in [-0.25, -0.2) is 4.39 Å². The second-order valence-corrected chi connectivity index (χ2v) is 4.03. The van der Waals surface area contributed by atoms with Crippen molar-refractivity contribution in [2.75, 3.05) is 13.2 Å². The van der Waals surface area contributed by atoms with E-state index in [9.17, 15) is 9.50 Å². The molecule has 0 bridgehead atoms. The Morgan fingerprint density at radius 2 is 1.88 bits per heavy atom. The summed E-state index contributed by atoms with van der Waals surface area (Å²) in [5, 5.41) is 12.9. The van der Waals surface area contributed by atoms with E-state index in [1.807, 2.05) is 6.92 Å². The van der Waals surface area contributed by atoms with E-state index < -0.39 is 5.54 Å². The molecular formula is C13H20FNO. The highest BCUT2D eigenvalue weighted by Crippen LogP contribution is 2.24. The van der Waals surface area contributed by atoms with Gasteiger partial charge in [-0.05, 0) is 37.1 Å². The third kappa shape index (κ3) is 2.80. The van der Waals surface area contributed by atoms with Gasteiger partial charge in [0.1, 0.15) is 5.82 Å². The van der Waals surface area contributed by atoms with Gasteiger partial charge in [-0.15, -0.1) is 0 Å². The van der Waals surface area contributed by atoms with Gasteiger partial charge in [-0.2, -0.15) is 0 Å². The molecule has 0 fully saturated rings. The smallest absolute Gasteiger partial charge is 0.123 e. The molecule has 0 aromatic heterocycles. The molecule has 1 unspecified atom stereocenters. The van der Waals surface area contributed by atoms with Crippen LogP contribution in [0, 0.1) is 5.82 Å². The Hall–Kier alpha value is -0.930. The third-order valence-corrected chi connectivity index (χ3v) is 2.98. The first-order valence-corrected chi connectivity index (χ1v) is 5.80. The van der Waals surface area contributed by atoms with Crippen molar-refractivity contribution in [1.82, 2.24) is 5.32 Å². The fourth-order valence-electron chi connectivity index (χ4n) is 1.82. The van der Waals surface area contributed by atoms with Crippen LogP contribution in [0.4, 0.5) is 4.39 Å². The molecule has 1 aromatic rings. The normalized spacial score (nSPS) is 14.8. The van der Waals surface area contributed by atoms with E-state index in [0.29, 0.717) is 0 Å². The lowest BCUT2D eigenvalue weighted by molar-refractivity contribution is 0.155. The number of aliphatic hydroxyl groups excluding tert-OH is 1. The minimum absolute atomic E-state index is 0.0229. The average Bonchev–Trinajstić information content (AvgIpc) is 2.33. The van der Waals surface area contributed by atoms with E-state index in [1.54, 1.807) is 12.1 Å². The number of hydrogen-bond donors (Lipinski definition) is 2. The highest BCUT2D eigenvalue weighted by molar-refractivity contribution is 5.25. The van der Waals surface area contributed by atoms with Crippen molar-refractivity contribution in [3.05, 3.63) is 35.6 Å². The zero-order valence-electron chi connectivity index (χ0n) is 9.96. The summed E-state index contributed by atoms with van der Waals surface area (Å²) in [5.74, 6) is -0.248. The van der Waals surface area contributed by atoms with Crippen molar-refractivity contribution in [1.29, 1.82) is 0 Å². The lowest BCUT2D eigenvalue weighted by Gasteiger charge is -2.32. The number of rotatable bonds is 6. The van der Waals surface area contributed by atoms with Crippen LogP contribution in [0.5, 0.6) is 0 Å². The maximum atomic E-state index is 12.9. The van der Waals surface area contributed by atoms with Crippen LogP contribution in [-0.4, -0.2) is 18.3 Å². The van der Waals surface area contributed by atoms with Crippen molar-refractivity contribution < 1.29 is 9.50 Å². The summed E-state index contributed by atoms with van der Waals surface area (Å²) in [7, 11) is 0. The van der Waals surface area contributed by atoms with Gasteiger partial charge in [0.2, 0.25) is 0 Å². The summed E-state index contributed by atoms with van der Waals surface area (Å²) in [4.78, 5) is 0. The van der Waals surface area contributed by atoms with Crippen LogP contribution in [0.1, 0.15) is 32.3 Å². The average molecular weight is 225 g/mol. The first-order valence-electron chi connectivity index (χ1n) is 5.80. The van der Waals surface area contributed by atoms with Gasteiger partial charge < -0.3 is 10.4 Å². The lowest BCUT2D eigenvalue weighted by atomic mass is 9.88. The molecule has 0 aliphatic rings. The number of benzene rings is 1. The second kappa shape index (κ2) is 5.97. The van der Waals surface area contributed by atoms with E-state index in [2.05, 4.69) is 12.2 Å². The van der Waals surface area contributed by atoms with Crippen LogP contribution in [0.2, 0.25) is 0 Å². The van der Waals surface area contributed by atoms with Crippen molar-refractivity contribution in [3.8, 4) is 0 Å². The summed E-state index contributed by atoms with van der Waals surface area (Å²) in [5.41, 5.74) is 0.497. The number of nitrogens with one attached hydrogen (secondary N) is 1. The largest absolute Gasteiger partial charge is 0.394 e. The topological polar surface area (TPSA) is 32.3 Å². The zero-order chi connectivity index (χ0) is 12.0. The Morgan fingerprint density at radius 1 is 1.25 bits per heavy atom. The fourth-order valence-corrected chi connectivity index (χ4v) is 1.82. The highest BCUT2D eigenvalue weighted by atomic mass is 19.1. The van der Waals surface area contributed by atoms with Crippen LogP contribution in [0.25, 0.3) is 0 Å².